The fraction of sp³-hybridized carbons (Fsp3) is 0.826. The van der Waals surface area contributed by atoms with Gasteiger partial charge in [-0.1, -0.05) is 12.1 Å². The van der Waals surface area contributed by atoms with Gasteiger partial charge in [-0.05, 0) is 46.4 Å². The Bertz CT molecular complexity index is 901. The number of aliphatic hydroxyl groups excluding tert-OH is 2. The molecule has 3 N–H and O–H groups in total. The number of hydrogen-bond acceptors (Lipinski definition) is 10. The first kappa shape index (κ1) is 30.2. The molecule has 0 aliphatic carbocycles. The maximum Gasteiger partial charge on any atom is 0.313 e. The van der Waals surface area contributed by atoms with Crippen molar-refractivity contribution < 1.29 is 38.7 Å². The molecular weight excluding hydrogens is 471 g/mol. The standard InChI is InChI=1S/C23H41BN4O8/c1-13(30)25-16-18(33-12-34-20(32)21(2,3)4)17(31)14(10-29)35-19(16)36-22(5,6)11-23(7,24)15-9-28(8)27-26-15/h9,14,16-19,29,31H,10-12,24H2,1-8H3,(H,25,30)/t14-,16-,17+,18-,19+,23?/m1/s1. The minimum absolute atomic E-state index is 0.398. The number of ether oxygens (including phenoxy) is 4. The third-order valence-corrected chi connectivity index (χ3v) is 5.89. The number of nitrogens with zero attached hydrogens (tertiary/aromatic N) is 3. The van der Waals surface area contributed by atoms with Gasteiger partial charge < -0.3 is 34.5 Å². The van der Waals surface area contributed by atoms with E-state index in [0.29, 0.717) is 6.42 Å². The second-order valence-electron chi connectivity index (χ2n) is 11.6. The Morgan fingerprint density at radius 1 is 1.25 bits per heavy atom. The predicted octanol–water partition coefficient (Wildman–Crippen LogP) is -0.636. The van der Waals surface area contributed by atoms with Gasteiger partial charge in [-0.2, -0.15) is 0 Å². The van der Waals surface area contributed by atoms with E-state index in [1.54, 1.807) is 32.5 Å². The molecule has 1 amide bonds. The molecule has 2 rings (SSSR count). The number of hydrogen-bond donors (Lipinski definition) is 3. The highest BCUT2D eigenvalue weighted by atomic mass is 16.7. The lowest BCUT2D eigenvalue weighted by atomic mass is 9.63. The summed E-state index contributed by atoms with van der Waals surface area (Å²) in [6, 6.07) is -0.951. The Labute approximate surface area is 213 Å². The van der Waals surface area contributed by atoms with E-state index in [4.69, 9.17) is 18.9 Å². The van der Waals surface area contributed by atoms with Gasteiger partial charge in [0.25, 0.3) is 0 Å². The van der Waals surface area contributed by atoms with E-state index in [1.165, 1.54) is 6.92 Å². The molecule has 36 heavy (non-hydrogen) atoms. The van der Waals surface area contributed by atoms with Crippen molar-refractivity contribution in [2.24, 2.45) is 12.5 Å². The largest absolute Gasteiger partial charge is 0.438 e. The van der Waals surface area contributed by atoms with E-state index >= 15 is 0 Å². The van der Waals surface area contributed by atoms with Crippen molar-refractivity contribution in [2.45, 2.75) is 96.4 Å². The van der Waals surface area contributed by atoms with Crippen LogP contribution in [0.4, 0.5) is 0 Å². The molecule has 204 valence electrons. The molecule has 1 unspecified atom stereocenters. The van der Waals surface area contributed by atoms with Gasteiger partial charge in [0.15, 0.2) is 13.1 Å². The van der Waals surface area contributed by atoms with Gasteiger partial charge in [0.1, 0.15) is 32.2 Å². The van der Waals surface area contributed by atoms with Crippen molar-refractivity contribution in [1.29, 1.82) is 0 Å². The summed E-state index contributed by atoms with van der Waals surface area (Å²) in [6.45, 7) is 11.2. The molecule has 1 saturated heterocycles. The van der Waals surface area contributed by atoms with Crippen molar-refractivity contribution in [3.05, 3.63) is 11.9 Å². The zero-order chi connectivity index (χ0) is 27.5. The fourth-order valence-electron chi connectivity index (χ4n) is 4.31. The molecular formula is C23H41BN4O8. The molecule has 0 spiro atoms. The van der Waals surface area contributed by atoms with Crippen LogP contribution in [-0.4, -0.2) is 94.6 Å². The van der Waals surface area contributed by atoms with E-state index in [-0.39, 0.29) is 0 Å². The number of carbonyl (C=O) groups is 2. The SMILES string of the molecule is BC(C)(CC(C)(C)O[C@@H]1O[C@H](CO)[C@H](O)[C@H](OCOC(=O)C(C)(C)C)[C@H]1NC(C)=O)c1cn(C)nn1. The maximum atomic E-state index is 12.1. The lowest BCUT2D eigenvalue weighted by Gasteiger charge is -2.47. The van der Waals surface area contributed by atoms with Crippen LogP contribution in [0.5, 0.6) is 0 Å². The first-order valence-corrected chi connectivity index (χ1v) is 12.0. The normalized spacial score (nSPS) is 26.8. The summed E-state index contributed by atoms with van der Waals surface area (Å²) in [7, 11) is 3.81. The number of nitrogens with one attached hydrogen (secondary N) is 1. The van der Waals surface area contributed by atoms with Crippen LogP contribution in [0, 0.1) is 5.41 Å². The molecule has 1 fully saturated rings. The van der Waals surface area contributed by atoms with Crippen molar-refractivity contribution in [3.8, 4) is 0 Å². The smallest absolute Gasteiger partial charge is 0.313 e. The first-order chi connectivity index (χ1) is 16.5. The number of aromatic nitrogens is 3. The molecule has 0 bridgehead atoms. The second kappa shape index (κ2) is 11.6. The number of amides is 1. The van der Waals surface area contributed by atoms with Crippen LogP contribution in [0.15, 0.2) is 6.20 Å². The highest BCUT2D eigenvalue weighted by Crippen LogP contribution is 2.34. The molecule has 0 radical (unpaired) electrons. The summed E-state index contributed by atoms with van der Waals surface area (Å²) in [5, 5.41) is 31.2. The summed E-state index contributed by atoms with van der Waals surface area (Å²) in [4.78, 5) is 24.2. The average molecular weight is 512 g/mol. The van der Waals surface area contributed by atoms with E-state index in [0.717, 1.165) is 5.69 Å². The number of carbonyl (C=O) groups excluding carboxylic acids is 2. The maximum absolute atomic E-state index is 12.1. The van der Waals surface area contributed by atoms with Crippen molar-refractivity contribution in [2.75, 3.05) is 13.4 Å². The molecule has 1 aromatic rings. The Hall–Kier alpha value is -2.06. The van der Waals surface area contributed by atoms with Gasteiger partial charge in [0, 0.05) is 20.2 Å². The summed E-state index contributed by atoms with van der Waals surface area (Å²) in [5.41, 5.74) is -0.753. The summed E-state index contributed by atoms with van der Waals surface area (Å²) in [5.74, 6) is -0.885. The molecule has 0 aromatic carbocycles. The Morgan fingerprint density at radius 2 is 1.89 bits per heavy atom. The minimum atomic E-state index is -1.32. The number of esters is 1. The number of rotatable bonds is 10. The molecule has 13 heteroatoms. The van der Waals surface area contributed by atoms with Crippen LogP contribution in [-0.2, 0) is 40.9 Å². The number of aryl methyl sites for hydroxylation is 1. The second-order valence-corrected chi connectivity index (χ2v) is 11.6. The number of aliphatic hydroxyl groups is 2. The molecule has 1 aromatic heterocycles. The quantitative estimate of drug-likeness (QED) is 0.210. The van der Waals surface area contributed by atoms with Crippen molar-refractivity contribution in [1.82, 2.24) is 20.3 Å². The summed E-state index contributed by atoms with van der Waals surface area (Å²) >= 11 is 0. The van der Waals surface area contributed by atoms with E-state index < -0.39 is 72.3 Å². The van der Waals surface area contributed by atoms with E-state index in [2.05, 4.69) is 15.6 Å². The van der Waals surface area contributed by atoms with Crippen LogP contribution in [0.1, 0.15) is 60.6 Å². The fourth-order valence-corrected chi connectivity index (χ4v) is 4.31. The molecule has 2 heterocycles. The predicted molar refractivity (Wildman–Crippen MR) is 131 cm³/mol. The third kappa shape index (κ3) is 7.97. The van der Waals surface area contributed by atoms with Gasteiger partial charge in [-0.25, -0.2) is 0 Å². The highest BCUT2D eigenvalue weighted by Gasteiger charge is 2.49. The molecule has 1 aliphatic heterocycles. The van der Waals surface area contributed by atoms with Crippen molar-refractivity contribution in [3.63, 3.8) is 0 Å². The van der Waals surface area contributed by atoms with Gasteiger partial charge in [0.05, 0.1) is 23.3 Å². The monoisotopic (exact) mass is 512 g/mol. The Morgan fingerprint density at radius 3 is 2.39 bits per heavy atom. The summed E-state index contributed by atoms with van der Waals surface area (Å²) in [6.07, 6.45) is -2.18. The van der Waals surface area contributed by atoms with Gasteiger partial charge in [0.2, 0.25) is 5.91 Å². The zero-order valence-electron chi connectivity index (χ0n) is 22.8. The van der Waals surface area contributed by atoms with Crippen LogP contribution >= 0.6 is 0 Å². The molecule has 6 atom stereocenters. The van der Waals surface area contributed by atoms with Gasteiger partial charge in [-0.15, -0.1) is 5.10 Å². The minimum Gasteiger partial charge on any atom is -0.438 e. The highest BCUT2D eigenvalue weighted by molar-refractivity contribution is 6.15. The first-order valence-electron chi connectivity index (χ1n) is 12.0. The van der Waals surface area contributed by atoms with Crippen molar-refractivity contribution >= 4 is 19.7 Å². The lowest BCUT2D eigenvalue weighted by molar-refractivity contribution is -0.307. The van der Waals surface area contributed by atoms with Crippen LogP contribution in [0.2, 0.25) is 0 Å². The van der Waals surface area contributed by atoms with E-state index in [9.17, 15) is 19.8 Å². The lowest BCUT2D eigenvalue weighted by Crippen LogP contribution is -2.66. The van der Waals surface area contributed by atoms with E-state index in [1.807, 2.05) is 34.8 Å². The Kier molecular flexibility index (Phi) is 9.68. The Balaban J connectivity index is 2.24. The average Bonchev–Trinajstić information content (AvgIpc) is 3.17. The zero-order valence-corrected chi connectivity index (χ0v) is 22.8. The van der Waals surface area contributed by atoms with Crippen LogP contribution in [0.3, 0.4) is 0 Å². The van der Waals surface area contributed by atoms with Gasteiger partial charge in [-0.3, -0.25) is 14.3 Å². The van der Waals surface area contributed by atoms with Crippen LogP contribution in [0.25, 0.3) is 0 Å². The molecule has 0 saturated carbocycles. The third-order valence-electron chi connectivity index (χ3n) is 5.89. The molecule has 12 nitrogen and oxygen atoms in total. The van der Waals surface area contributed by atoms with Crippen LogP contribution < -0.4 is 5.32 Å². The molecule has 1 aliphatic rings. The summed E-state index contributed by atoms with van der Waals surface area (Å²) < 4.78 is 24.8. The van der Waals surface area contributed by atoms with Gasteiger partial charge >= 0.3 is 5.97 Å². The topological polar surface area (TPSA) is 154 Å².